The summed E-state index contributed by atoms with van der Waals surface area (Å²) in [6, 6.07) is 0. The lowest BCUT2D eigenvalue weighted by atomic mass is 10.3. The van der Waals surface area contributed by atoms with E-state index in [2.05, 4.69) is 10.4 Å². The predicted octanol–water partition coefficient (Wildman–Crippen LogP) is 1.04. The minimum atomic E-state index is 0.547. The number of ether oxygens (including phenoxy) is 1. The number of fused-ring (bicyclic) bond motifs is 1. The van der Waals surface area contributed by atoms with Crippen LogP contribution in [0.1, 0.15) is 12.0 Å². The SMILES string of the molecule is CNCc1c(Cl)nn2c1OCCC2. The fraction of sp³-hybridized carbons (Fsp3) is 0.625. The van der Waals surface area contributed by atoms with Gasteiger partial charge in [0.15, 0.2) is 5.15 Å². The van der Waals surface area contributed by atoms with Gasteiger partial charge in [-0.2, -0.15) is 5.10 Å². The maximum atomic E-state index is 5.96. The van der Waals surface area contributed by atoms with Gasteiger partial charge in [-0.1, -0.05) is 11.6 Å². The smallest absolute Gasteiger partial charge is 0.217 e. The molecule has 5 heteroatoms. The summed E-state index contributed by atoms with van der Waals surface area (Å²) in [4.78, 5) is 0. The van der Waals surface area contributed by atoms with Gasteiger partial charge in [-0.05, 0) is 7.05 Å². The molecule has 1 N–H and O–H groups in total. The maximum absolute atomic E-state index is 5.96. The van der Waals surface area contributed by atoms with Crippen molar-refractivity contribution >= 4 is 11.6 Å². The van der Waals surface area contributed by atoms with E-state index in [1.807, 2.05) is 11.7 Å². The van der Waals surface area contributed by atoms with Crippen LogP contribution in [0.5, 0.6) is 5.88 Å². The van der Waals surface area contributed by atoms with Gasteiger partial charge in [-0.25, -0.2) is 4.68 Å². The Balaban J connectivity index is 2.36. The Morgan fingerprint density at radius 3 is 3.31 bits per heavy atom. The third kappa shape index (κ3) is 1.51. The first-order valence-corrected chi connectivity index (χ1v) is 4.73. The number of nitrogens with one attached hydrogen (secondary N) is 1. The third-order valence-corrected chi connectivity index (χ3v) is 2.36. The van der Waals surface area contributed by atoms with E-state index in [1.54, 1.807) is 0 Å². The summed E-state index contributed by atoms with van der Waals surface area (Å²) in [7, 11) is 1.88. The molecule has 13 heavy (non-hydrogen) atoms. The second-order valence-corrected chi connectivity index (χ2v) is 3.39. The van der Waals surface area contributed by atoms with Crippen LogP contribution in [-0.4, -0.2) is 23.4 Å². The number of hydrogen-bond acceptors (Lipinski definition) is 3. The van der Waals surface area contributed by atoms with E-state index in [-0.39, 0.29) is 0 Å². The van der Waals surface area contributed by atoms with Crippen molar-refractivity contribution in [3.8, 4) is 5.88 Å². The molecule has 1 aliphatic rings. The number of aryl methyl sites for hydroxylation is 1. The molecule has 0 spiro atoms. The van der Waals surface area contributed by atoms with Gasteiger partial charge in [-0.15, -0.1) is 0 Å². The third-order valence-electron chi connectivity index (χ3n) is 2.06. The van der Waals surface area contributed by atoms with Crippen molar-refractivity contribution in [2.45, 2.75) is 19.5 Å². The van der Waals surface area contributed by atoms with Crippen molar-refractivity contribution in [3.63, 3.8) is 0 Å². The van der Waals surface area contributed by atoms with Crippen LogP contribution in [-0.2, 0) is 13.1 Å². The van der Waals surface area contributed by atoms with Crippen molar-refractivity contribution in [2.75, 3.05) is 13.7 Å². The Morgan fingerprint density at radius 2 is 2.54 bits per heavy atom. The first-order chi connectivity index (χ1) is 6.33. The summed E-state index contributed by atoms with van der Waals surface area (Å²) >= 11 is 5.96. The van der Waals surface area contributed by atoms with Crippen LogP contribution in [0, 0.1) is 0 Å². The van der Waals surface area contributed by atoms with Crippen LogP contribution in [0.25, 0.3) is 0 Å². The van der Waals surface area contributed by atoms with Gasteiger partial charge in [0.2, 0.25) is 5.88 Å². The van der Waals surface area contributed by atoms with E-state index < -0.39 is 0 Å². The predicted molar refractivity (Wildman–Crippen MR) is 50.1 cm³/mol. The molecule has 0 amide bonds. The molecular weight excluding hydrogens is 190 g/mol. The van der Waals surface area contributed by atoms with Crippen molar-refractivity contribution in [3.05, 3.63) is 10.7 Å². The van der Waals surface area contributed by atoms with Gasteiger partial charge >= 0.3 is 0 Å². The van der Waals surface area contributed by atoms with Gasteiger partial charge in [0, 0.05) is 19.5 Å². The molecule has 0 bridgehead atoms. The number of rotatable bonds is 2. The van der Waals surface area contributed by atoms with Crippen LogP contribution >= 0.6 is 11.6 Å². The molecule has 2 heterocycles. The standard InChI is InChI=1S/C8H12ClN3O/c1-10-5-6-7(9)11-12-3-2-4-13-8(6)12/h10H,2-5H2,1H3. The second-order valence-electron chi connectivity index (χ2n) is 3.03. The van der Waals surface area contributed by atoms with Crippen LogP contribution in [0.15, 0.2) is 0 Å². The quantitative estimate of drug-likeness (QED) is 0.777. The fourth-order valence-electron chi connectivity index (χ4n) is 1.48. The van der Waals surface area contributed by atoms with E-state index >= 15 is 0 Å². The summed E-state index contributed by atoms with van der Waals surface area (Å²) in [6.45, 7) is 2.37. The molecule has 72 valence electrons. The maximum Gasteiger partial charge on any atom is 0.217 e. The molecule has 0 unspecified atom stereocenters. The van der Waals surface area contributed by atoms with E-state index in [9.17, 15) is 0 Å². The van der Waals surface area contributed by atoms with Crippen molar-refractivity contribution in [2.24, 2.45) is 0 Å². The Morgan fingerprint density at radius 1 is 1.69 bits per heavy atom. The van der Waals surface area contributed by atoms with E-state index in [0.29, 0.717) is 11.7 Å². The molecule has 0 radical (unpaired) electrons. The van der Waals surface area contributed by atoms with Crippen LogP contribution < -0.4 is 10.1 Å². The number of halogens is 1. The van der Waals surface area contributed by atoms with Crippen LogP contribution in [0.4, 0.5) is 0 Å². The lowest BCUT2D eigenvalue weighted by molar-refractivity contribution is 0.228. The Kier molecular flexibility index (Phi) is 2.42. The Hall–Kier alpha value is -0.740. The fourth-order valence-corrected chi connectivity index (χ4v) is 1.72. The van der Waals surface area contributed by atoms with Gasteiger partial charge < -0.3 is 10.1 Å². The normalized spacial score (nSPS) is 15.2. The highest BCUT2D eigenvalue weighted by atomic mass is 35.5. The molecule has 0 fully saturated rings. The summed E-state index contributed by atoms with van der Waals surface area (Å²) < 4.78 is 7.34. The molecule has 0 saturated heterocycles. The average molecular weight is 202 g/mol. The number of hydrogen-bond donors (Lipinski definition) is 1. The lowest BCUT2D eigenvalue weighted by Gasteiger charge is -2.15. The highest BCUT2D eigenvalue weighted by Crippen LogP contribution is 2.28. The first-order valence-electron chi connectivity index (χ1n) is 4.35. The zero-order valence-electron chi connectivity index (χ0n) is 7.51. The zero-order valence-corrected chi connectivity index (χ0v) is 8.26. The monoisotopic (exact) mass is 201 g/mol. The topological polar surface area (TPSA) is 39.1 Å². The number of aromatic nitrogens is 2. The van der Waals surface area contributed by atoms with Crippen molar-refractivity contribution < 1.29 is 4.74 Å². The molecule has 0 atom stereocenters. The minimum absolute atomic E-state index is 0.547. The molecule has 1 aromatic rings. The van der Waals surface area contributed by atoms with Gasteiger partial charge in [-0.3, -0.25) is 0 Å². The second kappa shape index (κ2) is 3.55. The Bertz CT molecular complexity index is 311. The zero-order chi connectivity index (χ0) is 9.26. The van der Waals surface area contributed by atoms with Crippen LogP contribution in [0.2, 0.25) is 5.15 Å². The van der Waals surface area contributed by atoms with E-state index in [0.717, 1.165) is 31.0 Å². The summed E-state index contributed by atoms with van der Waals surface area (Å²) in [5, 5.41) is 7.78. The molecule has 0 aliphatic carbocycles. The van der Waals surface area contributed by atoms with Gasteiger partial charge in [0.05, 0.1) is 12.2 Å². The molecule has 1 aromatic heterocycles. The molecule has 0 saturated carbocycles. The summed E-state index contributed by atoms with van der Waals surface area (Å²) in [5.74, 6) is 0.825. The molecule has 2 rings (SSSR count). The summed E-state index contributed by atoms with van der Waals surface area (Å²) in [6.07, 6.45) is 1.00. The van der Waals surface area contributed by atoms with E-state index in [1.165, 1.54) is 0 Å². The summed E-state index contributed by atoms with van der Waals surface area (Å²) in [5.41, 5.74) is 0.962. The molecular formula is C8H12ClN3O. The van der Waals surface area contributed by atoms with Gasteiger partial charge in [0.1, 0.15) is 0 Å². The molecule has 0 aromatic carbocycles. The minimum Gasteiger partial charge on any atom is -0.477 e. The van der Waals surface area contributed by atoms with E-state index in [4.69, 9.17) is 16.3 Å². The highest BCUT2D eigenvalue weighted by molar-refractivity contribution is 6.30. The van der Waals surface area contributed by atoms with Gasteiger partial charge in [0.25, 0.3) is 0 Å². The van der Waals surface area contributed by atoms with Crippen molar-refractivity contribution in [1.29, 1.82) is 0 Å². The lowest BCUT2D eigenvalue weighted by Crippen LogP contribution is -2.16. The molecule has 1 aliphatic heterocycles. The van der Waals surface area contributed by atoms with Crippen LogP contribution in [0.3, 0.4) is 0 Å². The largest absolute Gasteiger partial charge is 0.477 e. The van der Waals surface area contributed by atoms with Crippen molar-refractivity contribution in [1.82, 2.24) is 15.1 Å². The first kappa shape index (κ1) is 8.84. The highest BCUT2D eigenvalue weighted by Gasteiger charge is 2.19. The number of nitrogens with zero attached hydrogens (tertiary/aromatic N) is 2. The Labute approximate surface area is 81.8 Å². The average Bonchev–Trinajstić information content (AvgIpc) is 2.44. The molecule has 4 nitrogen and oxygen atoms in total.